The van der Waals surface area contributed by atoms with Crippen LogP contribution in [0.15, 0.2) is 40.9 Å². The summed E-state index contributed by atoms with van der Waals surface area (Å²) in [5, 5.41) is 3.31. The van der Waals surface area contributed by atoms with Gasteiger partial charge >= 0.3 is 0 Å². The molecule has 0 aliphatic heterocycles. The number of benzene rings is 2. The molecule has 1 amide bonds. The minimum absolute atomic E-state index is 0.202. The van der Waals surface area contributed by atoms with E-state index in [0.29, 0.717) is 10.6 Å². The lowest BCUT2D eigenvalue weighted by molar-refractivity contribution is 0.102. The van der Waals surface area contributed by atoms with Crippen molar-refractivity contribution in [1.29, 1.82) is 0 Å². The minimum Gasteiger partial charge on any atom is -0.322 e. The van der Waals surface area contributed by atoms with Crippen LogP contribution in [0.4, 0.5) is 5.69 Å². The molecule has 2 aromatic rings. The van der Waals surface area contributed by atoms with Crippen LogP contribution >= 0.6 is 27.5 Å². The summed E-state index contributed by atoms with van der Waals surface area (Å²) < 4.78 is 1.06. The first-order valence-electron chi connectivity index (χ1n) is 5.81. The molecule has 0 unspecified atom stereocenters. The summed E-state index contributed by atoms with van der Waals surface area (Å²) in [7, 11) is 0. The highest BCUT2D eigenvalue weighted by molar-refractivity contribution is 9.10. The first-order valence-corrected chi connectivity index (χ1v) is 6.99. The van der Waals surface area contributed by atoms with Gasteiger partial charge in [-0.3, -0.25) is 4.79 Å². The Bertz CT molecular complexity index is 617. The third-order valence-electron chi connectivity index (χ3n) is 2.81. The molecule has 4 heteroatoms. The fourth-order valence-electron chi connectivity index (χ4n) is 1.86. The van der Waals surface area contributed by atoms with E-state index in [9.17, 15) is 4.79 Å². The lowest BCUT2D eigenvalue weighted by atomic mass is 10.1. The zero-order chi connectivity index (χ0) is 14.0. The maximum atomic E-state index is 12.1. The summed E-state index contributed by atoms with van der Waals surface area (Å²) >= 11 is 9.51. The van der Waals surface area contributed by atoms with E-state index < -0.39 is 0 Å². The zero-order valence-electron chi connectivity index (χ0n) is 10.6. The van der Waals surface area contributed by atoms with Crippen LogP contribution in [0.25, 0.3) is 0 Å². The van der Waals surface area contributed by atoms with Crippen LogP contribution in [0.5, 0.6) is 0 Å². The maximum absolute atomic E-state index is 12.1. The fourth-order valence-corrected chi connectivity index (χ4v) is 2.31. The van der Waals surface area contributed by atoms with Gasteiger partial charge in [-0.25, -0.2) is 0 Å². The van der Waals surface area contributed by atoms with E-state index in [1.54, 1.807) is 24.3 Å². The molecule has 1 N–H and O–H groups in total. The van der Waals surface area contributed by atoms with Crippen LogP contribution in [-0.4, -0.2) is 5.91 Å². The van der Waals surface area contributed by atoms with Crippen molar-refractivity contribution in [3.63, 3.8) is 0 Å². The Hall–Kier alpha value is -1.32. The molecule has 0 fully saturated rings. The number of carbonyl (C=O) groups is 1. The van der Waals surface area contributed by atoms with E-state index in [2.05, 4.69) is 21.2 Å². The lowest BCUT2D eigenvalue weighted by Gasteiger charge is -2.10. The van der Waals surface area contributed by atoms with Crippen molar-refractivity contribution in [3.05, 3.63) is 62.6 Å². The average molecular weight is 339 g/mol. The Balaban J connectivity index is 2.27. The van der Waals surface area contributed by atoms with Gasteiger partial charge in [0.1, 0.15) is 0 Å². The molecule has 0 aromatic heterocycles. The smallest absolute Gasteiger partial charge is 0.257 e. The molecule has 0 bridgehead atoms. The van der Waals surface area contributed by atoms with Gasteiger partial charge < -0.3 is 5.32 Å². The van der Waals surface area contributed by atoms with Crippen LogP contribution in [0.2, 0.25) is 5.02 Å². The molecule has 0 heterocycles. The number of nitrogens with one attached hydrogen (secondary N) is 1. The van der Waals surface area contributed by atoms with Crippen LogP contribution in [-0.2, 0) is 0 Å². The number of hydrogen-bond donors (Lipinski definition) is 1. The Morgan fingerprint density at radius 1 is 1.16 bits per heavy atom. The molecule has 0 aliphatic rings. The largest absolute Gasteiger partial charge is 0.322 e. The highest BCUT2D eigenvalue weighted by Crippen LogP contribution is 2.25. The van der Waals surface area contributed by atoms with Crippen molar-refractivity contribution in [2.24, 2.45) is 0 Å². The second-order valence-electron chi connectivity index (χ2n) is 4.36. The molecule has 0 radical (unpaired) electrons. The van der Waals surface area contributed by atoms with Crippen LogP contribution in [0, 0.1) is 13.8 Å². The maximum Gasteiger partial charge on any atom is 0.257 e. The molecule has 0 atom stereocenters. The summed E-state index contributed by atoms with van der Waals surface area (Å²) in [6, 6.07) is 10.8. The summed E-state index contributed by atoms with van der Waals surface area (Å²) in [5.41, 5.74) is 3.40. The zero-order valence-corrected chi connectivity index (χ0v) is 13.0. The number of carbonyl (C=O) groups excluding carboxylic acids is 1. The van der Waals surface area contributed by atoms with Gasteiger partial charge in [-0.1, -0.05) is 39.7 Å². The van der Waals surface area contributed by atoms with Crippen LogP contribution in [0.3, 0.4) is 0 Å². The van der Waals surface area contributed by atoms with Gasteiger partial charge in [-0.2, -0.15) is 0 Å². The number of halogens is 2. The quantitative estimate of drug-likeness (QED) is 0.823. The molecule has 0 saturated carbocycles. The van der Waals surface area contributed by atoms with Crippen molar-refractivity contribution < 1.29 is 4.79 Å². The Kier molecular flexibility index (Phi) is 4.27. The van der Waals surface area contributed by atoms with E-state index in [-0.39, 0.29) is 5.91 Å². The highest BCUT2D eigenvalue weighted by Gasteiger charge is 2.11. The Morgan fingerprint density at radius 2 is 1.74 bits per heavy atom. The molecule has 19 heavy (non-hydrogen) atoms. The fraction of sp³-hybridized carbons (Fsp3) is 0.133. The molecule has 0 aliphatic carbocycles. The highest BCUT2D eigenvalue weighted by atomic mass is 79.9. The molecule has 2 rings (SSSR count). The SMILES string of the molecule is Cc1cc(NC(=O)c2ccccc2Cl)cc(C)c1Br. The number of amides is 1. The molecule has 2 aromatic carbocycles. The summed E-state index contributed by atoms with van der Waals surface area (Å²) in [5.74, 6) is -0.202. The second kappa shape index (κ2) is 5.76. The first kappa shape index (κ1) is 14.1. The van der Waals surface area contributed by atoms with E-state index in [0.717, 1.165) is 21.3 Å². The predicted octanol–water partition coefficient (Wildman–Crippen LogP) is 4.97. The van der Waals surface area contributed by atoms with Crippen molar-refractivity contribution in [3.8, 4) is 0 Å². The summed E-state index contributed by atoms with van der Waals surface area (Å²) in [6.45, 7) is 3.98. The molecule has 0 spiro atoms. The van der Waals surface area contributed by atoms with E-state index in [1.807, 2.05) is 26.0 Å². The van der Waals surface area contributed by atoms with Gasteiger partial charge in [-0.05, 0) is 49.2 Å². The monoisotopic (exact) mass is 337 g/mol. The van der Waals surface area contributed by atoms with E-state index in [4.69, 9.17) is 11.6 Å². The second-order valence-corrected chi connectivity index (χ2v) is 5.56. The average Bonchev–Trinajstić information content (AvgIpc) is 2.36. The van der Waals surface area contributed by atoms with Crippen molar-refractivity contribution in [1.82, 2.24) is 0 Å². The van der Waals surface area contributed by atoms with Crippen LogP contribution in [0.1, 0.15) is 21.5 Å². The van der Waals surface area contributed by atoms with Gasteiger partial charge in [0, 0.05) is 10.2 Å². The number of hydrogen-bond acceptors (Lipinski definition) is 1. The normalized spacial score (nSPS) is 10.3. The van der Waals surface area contributed by atoms with Gasteiger partial charge in [-0.15, -0.1) is 0 Å². The lowest BCUT2D eigenvalue weighted by Crippen LogP contribution is -2.12. The Morgan fingerprint density at radius 3 is 2.32 bits per heavy atom. The van der Waals surface area contributed by atoms with Gasteiger partial charge in [0.05, 0.1) is 10.6 Å². The standard InChI is InChI=1S/C15H13BrClNO/c1-9-7-11(8-10(2)14(9)16)18-15(19)12-5-3-4-6-13(12)17/h3-8H,1-2H3,(H,18,19). The third-order valence-corrected chi connectivity index (χ3v) is 4.39. The van der Waals surface area contributed by atoms with E-state index >= 15 is 0 Å². The number of aryl methyl sites for hydroxylation is 2. The molecule has 2 nitrogen and oxygen atoms in total. The topological polar surface area (TPSA) is 29.1 Å². The third kappa shape index (κ3) is 3.17. The first-order chi connectivity index (χ1) is 8.99. The van der Waals surface area contributed by atoms with Crippen molar-refractivity contribution >= 4 is 39.1 Å². The van der Waals surface area contributed by atoms with Gasteiger partial charge in [0.25, 0.3) is 5.91 Å². The van der Waals surface area contributed by atoms with Crippen molar-refractivity contribution in [2.75, 3.05) is 5.32 Å². The number of rotatable bonds is 2. The Labute approximate surface area is 125 Å². The van der Waals surface area contributed by atoms with Gasteiger partial charge in [0.15, 0.2) is 0 Å². The van der Waals surface area contributed by atoms with Crippen LogP contribution < -0.4 is 5.32 Å². The molecular formula is C15H13BrClNO. The van der Waals surface area contributed by atoms with Crippen molar-refractivity contribution in [2.45, 2.75) is 13.8 Å². The molecule has 0 saturated heterocycles. The molecular weight excluding hydrogens is 326 g/mol. The van der Waals surface area contributed by atoms with E-state index in [1.165, 1.54) is 0 Å². The minimum atomic E-state index is -0.202. The summed E-state index contributed by atoms with van der Waals surface area (Å²) in [4.78, 5) is 12.1. The molecule has 98 valence electrons. The van der Waals surface area contributed by atoms with Gasteiger partial charge in [0.2, 0.25) is 0 Å². The predicted molar refractivity (Wildman–Crippen MR) is 83.0 cm³/mol. The number of anilines is 1. The summed E-state index contributed by atoms with van der Waals surface area (Å²) in [6.07, 6.45) is 0.